The Bertz CT molecular complexity index is 1630. The molecule has 0 aromatic heterocycles. The van der Waals surface area contributed by atoms with E-state index in [9.17, 15) is 86.2 Å². The van der Waals surface area contributed by atoms with Crippen LogP contribution in [-0.4, -0.2) is 275 Å². The predicted molar refractivity (Wildman–Crippen MR) is 223 cm³/mol. The van der Waals surface area contributed by atoms with Crippen molar-refractivity contribution in [3.8, 4) is 0 Å². The first-order valence-electron chi connectivity index (χ1n) is 23.2. The zero-order valence-electron chi connectivity index (χ0n) is 39.5. The number of hydrogen-bond donors (Lipinski definition) is 15. The van der Waals surface area contributed by atoms with E-state index in [0.29, 0.717) is 0 Å². The van der Waals surface area contributed by atoms with E-state index in [1.165, 1.54) is 20.8 Å². The number of hydrogen-bond acceptors (Lipinski definition) is 29. The van der Waals surface area contributed by atoms with E-state index in [2.05, 4.69) is 0 Å². The van der Waals surface area contributed by atoms with Gasteiger partial charge in [-0.25, -0.2) is 0 Å². The lowest BCUT2D eigenvalue weighted by Gasteiger charge is -2.52. The lowest BCUT2D eigenvalue weighted by atomic mass is 9.86. The first kappa shape index (κ1) is 59.8. The van der Waals surface area contributed by atoms with Crippen LogP contribution in [0.1, 0.15) is 47.5 Å². The van der Waals surface area contributed by atoms with Crippen LogP contribution in [0.4, 0.5) is 0 Å². The summed E-state index contributed by atoms with van der Waals surface area (Å²) in [5, 5.41) is 162. The highest BCUT2D eigenvalue weighted by molar-refractivity contribution is 5.38. The highest BCUT2D eigenvalue weighted by atomic mass is 16.9. The first-order chi connectivity index (χ1) is 33.5. The van der Waals surface area contributed by atoms with Crippen molar-refractivity contribution in [1.29, 1.82) is 0 Å². The van der Waals surface area contributed by atoms with Gasteiger partial charge in [0.25, 0.3) is 12.9 Å². The van der Waals surface area contributed by atoms with Gasteiger partial charge in [-0.2, -0.15) is 0 Å². The summed E-state index contributed by atoms with van der Waals surface area (Å²) >= 11 is 0. The smallest absolute Gasteiger partial charge is 0.332 e. The van der Waals surface area contributed by atoms with Gasteiger partial charge in [-0.3, -0.25) is 9.59 Å². The Hall–Kier alpha value is -2.06. The molecule has 0 saturated carbocycles. The minimum atomic E-state index is -2.94. The van der Waals surface area contributed by atoms with Crippen molar-refractivity contribution >= 4 is 12.9 Å². The maximum atomic E-state index is 12.4. The largest absolute Gasteiger partial charge is 0.410 e. The average Bonchev–Trinajstić information content (AvgIpc) is 3.33. The fourth-order valence-electron chi connectivity index (χ4n) is 9.25. The van der Waals surface area contributed by atoms with E-state index in [1.807, 2.05) is 0 Å². The van der Waals surface area contributed by atoms with Crippen LogP contribution in [0.3, 0.4) is 0 Å². The Morgan fingerprint density at radius 2 is 1.07 bits per heavy atom. The summed E-state index contributed by atoms with van der Waals surface area (Å²) in [6.07, 6.45) is -41.4. The third-order valence-corrected chi connectivity index (χ3v) is 13.5. The molecule has 0 aliphatic carbocycles. The molecule has 5 heterocycles. The van der Waals surface area contributed by atoms with Crippen molar-refractivity contribution in [3.63, 3.8) is 0 Å². The molecular weight excluding hydrogens is 968 g/mol. The summed E-state index contributed by atoms with van der Waals surface area (Å²) in [7, 11) is 0. The standard InChI is InChI=1S/C42H72O29/c1-15(2)62-39-31(58)30(57)35(24(11-46)64-39)66-40-32(59)37(36(25(12-47)65-40)67-38-18(5)26(53)28(55)22(9-44)63-38)71-42(61-14-49)7-20(51)17(4)34(70-42)29(56)23(10-45)68-41(60-13-48)6-19(50)16(3)33(69-41)27(54)21(52)8-43/h13-40,43-47,50-59H,6-12H2,1-5H3/t16-,17-,18?,19-,20-,21-,22?,23-,24?,25?,26-,27-,28+,29-,30-,31?,32?,33?,34?,35-,36+,37-,38+,39-,40+,41-,42+/m1/s1. The molecule has 0 aromatic rings. The van der Waals surface area contributed by atoms with E-state index in [0.717, 1.165) is 0 Å². The predicted octanol–water partition coefficient (Wildman–Crippen LogP) is -8.16. The van der Waals surface area contributed by atoms with Crippen molar-refractivity contribution in [2.75, 3.05) is 33.0 Å². The second-order valence-corrected chi connectivity index (χ2v) is 18.7. The molecule has 8 unspecified atom stereocenters. The van der Waals surface area contributed by atoms with Crippen molar-refractivity contribution in [2.24, 2.45) is 17.8 Å². The van der Waals surface area contributed by atoms with Gasteiger partial charge in [-0.15, -0.1) is 0 Å². The van der Waals surface area contributed by atoms with Gasteiger partial charge in [0, 0.05) is 17.8 Å². The maximum absolute atomic E-state index is 12.4. The topological polar surface area (TPSA) is 448 Å². The Labute approximate surface area is 406 Å². The molecular formula is C42H72O29. The molecule has 5 fully saturated rings. The van der Waals surface area contributed by atoms with Crippen LogP contribution in [0, 0.1) is 17.8 Å². The van der Waals surface area contributed by atoms with Crippen LogP contribution in [0.2, 0.25) is 0 Å². The number of ether oxygens (including phenoxy) is 12. The summed E-state index contributed by atoms with van der Waals surface area (Å²) in [5.41, 5.74) is 0. The molecule has 0 amide bonds. The van der Waals surface area contributed by atoms with Gasteiger partial charge in [0.15, 0.2) is 18.9 Å². The molecule has 29 heteroatoms. The Morgan fingerprint density at radius 3 is 1.62 bits per heavy atom. The van der Waals surface area contributed by atoms with Gasteiger partial charge in [-0.1, -0.05) is 20.8 Å². The Kier molecular flexibility index (Phi) is 21.6. The molecule has 27 atom stereocenters. The zero-order valence-corrected chi connectivity index (χ0v) is 39.5. The number of aliphatic hydroxyl groups excluding tert-OH is 15. The van der Waals surface area contributed by atoms with E-state index in [-0.39, 0.29) is 12.9 Å². The molecule has 0 bridgehead atoms. The zero-order chi connectivity index (χ0) is 52.9. The minimum absolute atomic E-state index is 0.179. The maximum Gasteiger partial charge on any atom is 0.332 e. The Balaban J connectivity index is 1.52. The molecule has 29 nitrogen and oxygen atoms in total. The van der Waals surface area contributed by atoms with Crippen LogP contribution in [0.15, 0.2) is 0 Å². The fourth-order valence-corrected chi connectivity index (χ4v) is 9.25. The van der Waals surface area contributed by atoms with E-state index < -0.39 is 217 Å². The average molecular weight is 1040 g/mol. The third-order valence-electron chi connectivity index (χ3n) is 13.5. The van der Waals surface area contributed by atoms with Gasteiger partial charge in [0.1, 0.15) is 85.5 Å². The monoisotopic (exact) mass is 1040 g/mol. The first-order valence-corrected chi connectivity index (χ1v) is 23.2. The van der Waals surface area contributed by atoms with Crippen molar-refractivity contribution < 1.29 is 143 Å². The van der Waals surface area contributed by atoms with Crippen LogP contribution >= 0.6 is 0 Å². The second-order valence-electron chi connectivity index (χ2n) is 18.7. The number of carbonyl (C=O) groups excluding carboxylic acids is 2. The van der Waals surface area contributed by atoms with Gasteiger partial charge in [0.05, 0.1) is 82.5 Å². The summed E-state index contributed by atoms with van der Waals surface area (Å²) in [6, 6.07) is 0. The number of aliphatic hydroxyl groups is 15. The highest BCUT2D eigenvalue weighted by Crippen LogP contribution is 2.44. The summed E-state index contributed by atoms with van der Waals surface area (Å²) in [5.74, 6) is -9.02. The van der Waals surface area contributed by atoms with Gasteiger partial charge in [0.2, 0.25) is 0 Å². The summed E-state index contributed by atoms with van der Waals surface area (Å²) in [6.45, 7) is 2.09. The number of carbonyl (C=O) groups is 2. The van der Waals surface area contributed by atoms with E-state index in [4.69, 9.17) is 56.8 Å². The summed E-state index contributed by atoms with van der Waals surface area (Å²) in [4.78, 5) is 24.2. The molecule has 5 saturated heterocycles. The molecule has 414 valence electrons. The molecule has 71 heavy (non-hydrogen) atoms. The normalized spacial score (nSPS) is 46.2. The lowest BCUT2D eigenvalue weighted by Crippen LogP contribution is -2.69. The third kappa shape index (κ3) is 13.1. The molecule has 5 aliphatic heterocycles. The van der Waals surface area contributed by atoms with E-state index >= 15 is 0 Å². The van der Waals surface area contributed by atoms with Crippen molar-refractivity contribution in [3.05, 3.63) is 0 Å². The molecule has 0 spiro atoms. The molecule has 15 N–H and O–H groups in total. The van der Waals surface area contributed by atoms with Crippen molar-refractivity contribution in [1.82, 2.24) is 0 Å². The van der Waals surface area contributed by atoms with Crippen LogP contribution < -0.4 is 0 Å². The molecule has 5 rings (SSSR count). The molecule has 0 radical (unpaired) electrons. The van der Waals surface area contributed by atoms with Gasteiger partial charge in [-0.05, 0) is 13.8 Å². The van der Waals surface area contributed by atoms with Crippen LogP contribution in [0.25, 0.3) is 0 Å². The van der Waals surface area contributed by atoms with Gasteiger partial charge >= 0.3 is 11.9 Å². The van der Waals surface area contributed by atoms with Crippen LogP contribution in [0.5, 0.6) is 0 Å². The lowest BCUT2D eigenvalue weighted by molar-refractivity contribution is -0.460. The quantitative estimate of drug-likeness (QED) is 0.0334. The molecule has 0 aromatic carbocycles. The van der Waals surface area contributed by atoms with Crippen molar-refractivity contribution in [2.45, 2.75) is 200 Å². The molecule has 5 aliphatic rings. The van der Waals surface area contributed by atoms with Gasteiger partial charge < -0.3 is 133 Å². The number of rotatable bonds is 23. The summed E-state index contributed by atoms with van der Waals surface area (Å²) < 4.78 is 69.4. The fraction of sp³-hybridized carbons (Fsp3) is 0.952. The van der Waals surface area contributed by atoms with E-state index in [1.54, 1.807) is 13.8 Å². The Morgan fingerprint density at radius 1 is 0.563 bits per heavy atom. The second kappa shape index (κ2) is 25.7. The van der Waals surface area contributed by atoms with Crippen LogP contribution in [-0.2, 0) is 66.4 Å². The SMILES string of the molecule is CC(C)O[C@@H]1OC(CO)[C@@H](O[C@@H]2OC(CO)[C@H](O[C@@H]3OC(CO)[C@H](O)[C@H](O)C3C)[C@H](O[C@]3(OC=O)C[C@@H](O)[C@@H](C)C([C@H](O)[C@@H](CO)O[C@]4(OC=O)C[C@@H](O)[C@@H](C)C([C@H](O)[C@H](O)CO)O4)O3)C2O)[C@H](O)C1O. The highest BCUT2D eigenvalue weighted by Gasteiger charge is 2.61. The minimum Gasteiger partial charge on any atom is -0.410 e.